The summed E-state index contributed by atoms with van der Waals surface area (Å²) < 4.78 is 1.07. The van der Waals surface area contributed by atoms with Crippen molar-refractivity contribution < 1.29 is 5.11 Å². The van der Waals surface area contributed by atoms with Gasteiger partial charge in [-0.1, -0.05) is 0 Å². The lowest BCUT2D eigenvalue weighted by Gasteiger charge is -2.06. The normalized spacial score (nSPS) is 13.0. The molecule has 1 nitrogen and oxygen atoms in total. The van der Waals surface area contributed by atoms with Crippen LogP contribution in [0.2, 0.25) is 0 Å². The fourth-order valence-corrected chi connectivity index (χ4v) is 3.15. The molecule has 0 bridgehead atoms. The molecule has 0 saturated heterocycles. The van der Waals surface area contributed by atoms with Crippen molar-refractivity contribution in [2.24, 2.45) is 0 Å². The molecule has 0 spiro atoms. The number of rotatable bonds is 3. The average molecular weight is 289 g/mol. The topological polar surface area (TPSA) is 20.2 Å². The van der Waals surface area contributed by atoms with E-state index in [2.05, 4.69) is 27.4 Å². The van der Waals surface area contributed by atoms with E-state index in [9.17, 15) is 5.11 Å². The van der Waals surface area contributed by atoms with Gasteiger partial charge in [-0.2, -0.15) is 11.3 Å². The van der Waals surface area contributed by atoms with E-state index in [1.54, 1.807) is 22.7 Å². The summed E-state index contributed by atoms with van der Waals surface area (Å²) in [6, 6.07) is 4.02. The molecule has 4 heteroatoms. The van der Waals surface area contributed by atoms with E-state index in [0.29, 0.717) is 6.42 Å². The highest BCUT2D eigenvalue weighted by atomic mass is 79.9. The van der Waals surface area contributed by atoms with Gasteiger partial charge in [0.1, 0.15) is 0 Å². The van der Waals surface area contributed by atoms with E-state index in [-0.39, 0.29) is 6.10 Å². The predicted molar refractivity (Wildman–Crippen MR) is 65.0 cm³/mol. The molecule has 0 amide bonds. The summed E-state index contributed by atoms with van der Waals surface area (Å²) in [5.74, 6) is 0. The molecule has 1 unspecified atom stereocenters. The Morgan fingerprint density at radius 3 is 2.86 bits per heavy atom. The van der Waals surface area contributed by atoms with Crippen molar-refractivity contribution in [3.8, 4) is 0 Å². The van der Waals surface area contributed by atoms with E-state index < -0.39 is 0 Å². The van der Waals surface area contributed by atoms with Crippen LogP contribution in [0.25, 0.3) is 0 Å². The smallest absolute Gasteiger partial charge is 0.0839 e. The van der Waals surface area contributed by atoms with E-state index >= 15 is 0 Å². The van der Waals surface area contributed by atoms with Crippen LogP contribution in [0.15, 0.2) is 32.1 Å². The quantitative estimate of drug-likeness (QED) is 0.910. The molecular formula is C10H9BrOS2. The molecule has 2 aromatic heterocycles. The van der Waals surface area contributed by atoms with Gasteiger partial charge in [0.05, 0.1) is 9.89 Å². The summed E-state index contributed by atoms with van der Waals surface area (Å²) in [7, 11) is 0. The van der Waals surface area contributed by atoms with Crippen LogP contribution in [0.3, 0.4) is 0 Å². The maximum Gasteiger partial charge on any atom is 0.0839 e. The second-order valence-electron chi connectivity index (χ2n) is 3.04. The van der Waals surface area contributed by atoms with Crippen molar-refractivity contribution in [2.45, 2.75) is 12.5 Å². The first kappa shape index (κ1) is 10.4. The molecule has 2 heterocycles. The molecule has 0 saturated carbocycles. The highest BCUT2D eigenvalue weighted by Gasteiger charge is 2.10. The first-order valence-electron chi connectivity index (χ1n) is 4.19. The third-order valence-corrected chi connectivity index (χ3v) is 4.24. The maximum atomic E-state index is 9.90. The van der Waals surface area contributed by atoms with Gasteiger partial charge in [0.2, 0.25) is 0 Å². The molecule has 0 aliphatic carbocycles. The summed E-state index contributed by atoms with van der Waals surface area (Å²) in [5.41, 5.74) is 2.19. The summed E-state index contributed by atoms with van der Waals surface area (Å²) in [6.07, 6.45) is 0.319. The molecule has 0 radical (unpaired) electrons. The van der Waals surface area contributed by atoms with Gasteiger partial charge in [-0.25, -0.2) is 0 Å². The van der Waals surface area contributed by atoms with E-state index in [4.69, 9.17) is 0 Å². The number of hydrogen-bond acceptors (Lipinski definition) is 3. The molecule has 2 aromatic rings. The van der Waals surface area contributed by atoms with Gasteiger partial charge in [0, 0.05) is 6.42 Å². The zero-order valence-electron chi connectivity index (χ0n) is 7.31. The number of halogens is 1. The molecule has 1 N–H and O–H groups in total. The first-order valence-corrected chi connectivity index (χ1v) is 6.80. The van der Waals surface area contributed by atoms with Gasteiger partial charge >= 0.3 is 0 Å². The minimum Gasteiger partial charge on any atom is -0.388 e. The van der Waals surface area contributed by atoms with Gasteiger partial charge < -0.3 is 5.11 Å². The molecule has 1 atom stereocenters. The minimum atomic E-state index is -0.382. The van der Waals surface area contributed by atoms with Crippen LogP contribution in [-0.2, 0) is 6.42 Å². The molecule has 0 aliphatic rings. The van der Waals surface area contributed by atoms with E-state index in [1.165, 1.54) is 5.56 Å². The Labute approximate surface area is 99.2 Å². The lowest BCUT2D eigenvalue weighted by atomic mass is 10.1. The van der Waals surface area contributed by atoms with Crippen molar-refractivity contribution in [3.63, 3.8) is 0 Å². The lowest BCUT2D eigenvalue weighted by Crippen LogP contribution is -1.98. The third kappa shape index (κ3) is 2.45. The first-order chi connectivity index (χ1) is 6.75. The second-order valence-corrected chi connectivity index (χ2v) is 6.11. The third-order valence-electron chi connectivity index (χ3n) is 1.98. The van der Waals surface area contributed by atoms with Crippen LogP contribution < -0.4 is 0 Å². The van der Waals surface area contributed by atoms with Crippen molar-refractivity contribution in [1.82, 2.24) is 0 Å². The molecule has 14 heavy (non-hydrogen) atoms. The summed E-state index contributed by atoms with van der Waals surface area (Å²) in [5, 5.41) is 16.0. The number of aliphatic hydroxyl groups excluding tert-OH is 1. The van der Waals surface area contributed by atoms with Crippen LogP contribution in [0.4, 0.5) is 0 Å². The van der Waals surface area contributed by atoms with Crippen LogP contribution in [-0.4, -0.2) is 5.11 Å². The van der Waals surface area contributed by atoms with Gasteiger partial charge in [-0.3, -0.25) is 0 Å². The minimum absolute atomic E-state index is 0.382. The van der Waals surface area contributed by atoms with Crippen molar-refractivity contribution >= 4 is 38.6 Å². The number of aliphatic hydroxyl groups is 1. The molecule has 0 aliphatic heterocycles. The van der Waals surface area contributed by atoms with E-state index in [1.807, 2.05) is 16.8 Å². The Balaban J connectivity index is 2.06. The molecule has 74 valence electrons. The fraction of sp³-hybridized carbons (Fsp3) is 0.200. The Kier molecular flexibility index (Phi) is 3.38. The summed E-state index contributed by atoms with van der Waals surface area (Å²) >= 11 is 6.66. The van der Waals surface area contributed by atoms with Crippen LogP contribution in [0.5, 0.6) is 0 Å². The van der Waals surface area contributed by atoms with Crippen LogP contribution in [0, 0.1) is 0 Å². The van der Waals surface area contributed by atoms with E-state index in [0.717, 1.165) is 9.35 Å². The fourth-order valence-electron chi connectivity index (χ4n) is 1.25. The van der Waals surface area contributed by atoms with Gasteiger partial charge in [0.25, 0.3) is 0 Å². The predicted octanol–water partition coefficient (Wildman–Crippen LogP) is 3.85. The Morgan fingerprint density at radius 2 is 2.29 bits per heavy atom. The zero-order valence-corrected chi connectivity index (χ0v) is 10.5. The highest BCUT2D eigenvalue weighted by molar-refractivity contribution is 9.11. The lowest BCUT2D eigenvalue weighted by molar-refractivity contribution is 0.179. The number of hydrogen-bond donors (Lipinski definition) is 1. The van der Waals surface area contributed by atoms with Crippen molar-refractivity contribution in [2.75, 3.05) is 0 Å². The van der Waals surface area contributed by atoms with Gasteiger partial charge in [-0.05, 0) is 55.3 Å². The molecule has 0 aromatic carbocycles. The SMILES string of the molecule is OC(Cc1ccsc1)c1csc(Br)c1. The van der Waals surface area contributed by atoms with Crippen LogP contribution in [0.1, 0.15) is 17.2 Å². The van der Waals surface area contributed by atoms with Crippen molar-refractivity contribution in [1.29, 1.82) is 0 Å². The standard InChI is InChI=1S/C10H9BrOS2/c11-10-4-8(6-14-10)9(12)3-7-1-2-13-5-7/h1-2,4-6,9,12H,3H2. The average Bonchev–Trinajstić information content (AvgIpc) is 2.75. The summed E-state index contributed by atoms with van der Waals surface area (Å²) in [6.45, 7) is 0. The Bertz CT molecular complexity index is 394. The maximum absolute atomic E-state index is 9.90. The Morgan fingerprint density at radius 1 is 1.43 bits per heavy atom. The van der Waals surface area contributed by atoms with Crippen molar-refractivity contribution in [3.05, 3.63) is 43.2 Å². The second kappa shape index (κ2) is 4.57. The molecular weight excluding hydrogens is 280 g/mol. The largest absolute Gasteiger partial charge is 0.388 e. The van der Waals surface area contributed by atoms with Gasteiger partial charge in [0.15, 0.2) is 0 Å². The van der Waals surface area contributed by atoms with Gasteiger partial charge in [-0.15, -0.1) is 11.3 Å². The monoisotopic (exact) mass is 288 g/mol. The highest BCUT2D eigenvalue weighted by Crippen LogP contribution is 2.27. The Hall–Kier alpha value is -0.160. The molecule has 0 fully saturated rings. The zero-order chi connectivity index (χ0) is 9.97. The summed E-state index contributed by atoms with van der Waals surface area (Å²) in [4.78, 5) is 0. The molecule has 2 rings (SSSR count). The van der Waals surface area contributed by atoms with Crippen LogP contribution >= 0.6 is 38.6 Å². The number of thiophene rings is 2.